The molecule has 2 aromatic rings. The number of nitrogen functional groups attached to an aromatic ring is 1. The number of nitrogens with two attached hydrogens (primary N) is 1. The third-order valence-electron chi connectivity index (χ3n) is 3.12. The second-order valence-electron chi connectivity index (χ2n) is 5.08. The number of thiazole rings is 1. The maximum atomic E-state index is 12.1. The van der Waals surface area contributed by atoms with Crippen LogP contribution >= 0.6 is 11.3 Å². The first-order valence-corrected chi connectivity index (χ1v) is 7.62. The Balaban J connectivity index is 2.03. The average Bonchev–Trinajstić information content (AvgIpc) is 2.79. The van der Waals surface area contributed by atoms with E-state index in [0.717, 1.165) is 10.2 Å². The highest BCUT2D eigenvalue weighted by Crippen LogP contribution is 2.27. The fraction of sp³-hybridized carbons (Fsp3) is 0.429. The van der Waals surface area contributed by atoms with Gasteiger partial charge in [0.15, 0.2) is 5.13 Å². The molecule has 0 saturated carbocycles. The highest BCUT2D eigenvalue weighted by Gasteiger charge is 2.15. The Bertz CT molecular complexity index is 626. The van der Waals surface area contributed by atoms with Gasteiger partial charge in [-0.3, -0.25) is 9.69 Å². The summed E-state index contributed by atoms with van der Waals surface area (Å²) < 4.78 is 0.946. The third kappa shape index (κ3) is 4.13. The third-order valence-corrected chi connectivity index (χ3v) is 4.06. The van der Waals surface area contributed by atoms with E-state index in [2.05, 4.69) is 10.3 Å². The normalized spacial score (nSPS) is 11.5. The van der Waals surface area contributed by atoms with Gasteiger partial charge in [0.25, 0.3) is 0 Å². The maximum Gasteiger partial charge on any atom is 0.240 e. The Kier molecular flexibility index (Phi) is 5.11. The number of amides is 1. The van der Waals surface area contributed by atoms with Crippen LogP contribution in [0.25, 0.3) is 10.2 Å². The fourth-order valence-corrected chi connectivity index (χ4v) is 2.92. The largest absolute Gasteiger partial charge is 0.399 e. The standard InChI is InChI=1S/C14H20N4O2S/c1-9(2)18(5-6-19)8-13(20)17-14-16-11-4-3-10(15)7-12(11)21-14/h3-4,7,9,19H,5-6,8,15H2,1-2H3,(H,16,17,20). The molecule has 1 amide bonds. The minimum absolute atomic E-state index is 0.0336. The summed E-state index contributed by atoms with van der Waals surface area (Å²) in [6.07, 6.45) is 0. The lowest BCUT2D eigenvalue weighted by Crippen LogP contribution is -2.39. The van der Waals surface area contributed by atoms with Crippen LogP contribution in [0.4, 0.5) is 10.8 Å². The molecule has 7 heteroatoms. The van der Waals surface area contributed by atoms with Crippen LogP contribution < -0.4 is 11.1 Å². The van der Waals surface area contributed by atoms with E-state index in [1.54, 1.807) is 6.07 Å². The minimum atomic E-state index is -0.135. The second-order valence-corrected chi connectivity index (χ2v) is 6.11. The molecule has 0 aliphatic heterocycles. The molecule has 0 spiro atoms. The number of aliphatic hydroxyl groups excluding tert-OH is 1. The summed E-state index contributed by atoms with van der Waals surface area (Å²) in [6, 6.07) is 5.66. The Labute approximate surface area is 127 Å². The summed E-state index contributed by atoms with van der Waals surface area (Å²) in [5, 5.41) is 12.4. The van der Waals surface area contributed by atoms with Crippen molar-refractivity contribution in [2.45, 2.75) is 19.9 Å². The molecule has 0 fully saturated rings. The van der Waals surface area contributed by atoms with Crippen LogP contribution in [0.2, 0.25) is 0 Å². The zero-order valence-electron chi connectivity index (χ0n) is 12.2. The Hall–Kier alpha value is -1.70. The molecule has 4 N–H and O–H groups in total. The molecular formula is C14H20N4O2S. The van der Waals surface area contributed by atoms with E-state index < -0.39 is 0 Å². The molecule has 0 radical (unpaired) electrons. The topological polar surface area (TPSA) is 91.5 Å². The van der Waals surface area contributed by atoms with Crippen molar-refractivity contribution < 1.29 is 9.90 Å². The van der Waals surface area contributed by atoms with Crippen molar-refractivity contribution in [3.63, 3.8) is 0 Å². The molecule has 1 aromatic carbocycles. The van der Waals surface area contributed by atoms with Gasteiger partial charge >= 0.3 is 0 Å². The number of carbonyl (C=O) groups is 1. The molecule has 21 heavy (non-hydrogen) atoms. The SMILES string of the molecule is CC(C)N(CCO)CC(=O)Nc1nc2ccc(N)cc2s1. The molecule has 114 valence electrons. The highest BCUT2D eigenvalue weighted by atomic mass is 32.1. The van der Waals surface area contributed by atoms with Crippen molar-refractivity contribution in [1.29, 1.82) is 0 Å². The molecule has 0 aliphatic carbocycles. The molecule has 6 nitrogen and oxygen atoms in total. The predicted molar refractivity (Wildman–Crippen MR) is 86.5 cm³/mol. The van der Waals surface area contributed by atoms with Gasteiger partial charge in [-0.2, -0.15) is 0 Å². The van der Waals surface area contributed by atoms with Gasteiger partial charge in [0.1, 0.15) is 0 Å². The first-order chi connectivity index (χ1) is 9.99. The molecule has 0 bridgehead atoms. The molecule has 0 aliphatic rings. The number of rotatable bonds is 6. The molecule has 0 atom stereocenters. The van der Waals surface area contributed by atoms with Crippen LogP contribution in [-0.2, 0) is 4.79 Å². The second kappa shape index (κ2) is 6.84. The number of fused-ring (bicyclic) bond motifs is 1. The van der Waals surface area contributed by atoms with Crippen LogP contribution in [0.3, 0.4) is 0 Å². The summed E-state index contributed by atoms with van der Waals surface area (Å²) >= 11 is 1.40. The summed E-state index contributed by atoms with van der Waals surface area (Å²) in [5.74, 6) is -0.135. The van der Waals surface area contributed by atoms with Crippen molar-refractivity contribution in [2.24, 2.45) is 0 Å². The van der Waals surface area contributed by atoms with Crippen LogP contribution in [0.1, 0.15) is 13.8 Å². The zero-order chi connectivity index (χ0) is 15.4. The molecular weight excluding hydrogens is 288 g/mol. The van der Waals surface area contributed by atoms with Crippen LogP contribution in [-0.4, -0.2) is 46.6 Å². The summed E-state index contributed by atoms with van der Waals surface area (Å²) in [5.41, 5.74) is 7.23. The van der Waals surface area contributed by atoms with E-state index in [-0.39, 0.29) is 25.1 Å². The van der Waals surface area contributed by atoms with Gasteiger partial charge in [-0.25, -0.2) is 4.98 Å². The van der Waals surface area contributed by atoms with Gasteiger partial charge in [0, 0.05) is 18.3 Å². The lowest BCUT2D eigenvalue weighted by molar-refractivity contribution is -0.117. The van der Waals surface area contributed by atoms with Gasteiger partial charge in [-0.1, -0.05) is 11.3 Å². The number of hydrogen-bond donors (Lipinski definition) is 3. The number of carbonyl (C=O) groups excluding carboxylic acids is 1. The van der Waals surface area contributed by atoms with Crippen molar-refractivity contribution in [2.75, 3.05) is 30.7 Å². The Morgan fingerprint density at radius 2 is 2.29 bits per heavy atom. The van der Waals surface area contributed by atoms with Gasteiger partial charge in [-0.05, 0) is 32.0 Å². The first kappa shape index (κ1) is 15.7. The first-order valence-electron chi connectivity index (χ1n) is 6.80. The number of benzene rings is 1. The number of nitrogens with zero attached hydrogens (tertiary/aromatic N) is 2. The van der Waals surface area contributed by atoms with E-state index >= 15 is 0 Å². The van der Waals surface area contributed by atoms with Gasteiger partial charge in [0.2, 0.25) is 5.91 Å². The Morgan fingerprint density at radius 1 is 1.52 bits per heavy atom. The van der Waals surface area contributed by atoms with Crippen molar-refractivity contribution in [3.8, 4) is 0 Å². The van der Waals surface area contributed by atoms with E-state index in [4.69, 9.17) is 10.8 Å². The number of nitrogens with one attached hydrogen (secondary N) is 1. The van der Waals surface area contributed by atoms with E-state index in [1.165, 1.54) is 11.3 Å². The fourth-order valence-electron chi connectivity index (χ4n) is 1.99. The molecule has 2 rings (SSSR count). The average molecular weight is 308 g/mol. The van der Waals surface area contributed by atoms with E-state index in [1.807, 2.05) is 30.9 Å². The lowest BCUT2D eigenvalue weighted by atomic mass is 10.3. The van der Waals surface area contributed by atoms with E-state index in [9.17, 15) is 4.79 Å². The predicted octanol–water partition coefficient (Wildman–Crippen LogP) is 1.52. The van der Waals surface area contributed by atoms with Gasteiger partial charge in [-0.15, -0.1) is 0 Å². The zero-order valence-corrected chi connectivity index (χ0v) is 13.0. The van der Waals surface area contributed by atoms with Gasteiger partial charge < -0.3 is 16.2 Å². The van der Waals surface area contributed by atoms with Crippen molar-refractivity contribution in [1.82, 2.24) is 9.88 Å². The highest BCUT2D eigenvalue weighted by molar-refractivity contribution is 7.22. The maximum absolute atomic E-state index is 12.1. The number of anilines is 2. The molecule has 1 heterocycles. The molecule has 0 unspecified atom stereocenters. The minimum Gasteiger partial charge on any atom is -0.399 e. The number of aliphatic hydroxyl groups is 1. The van der Waals surface area contributed by atoms with Crippen LogP contribution in [0.15, 0.2) is 18.2 Å². The smallest absolute Gasteiger partial charge is 0.240 e. The van der Waals surface area contributed by atoms with Crippen LogP contribution in [0.5, 0.6) is 0 Å². The van der Waals surface area contributed by atoms with Gasteiger partial charge in [0.05, 0.1) is 23.4 Å². The number of hydrogen-bond acceptors (Lipinski definition) is 6. The van der Waals surface area contributed by atoms with E-state index in [0.29, 0.717) is 17.4 Å². The monoisotopic (exact) mass is 308 g/mol. The Morgan fingerprint density at radius 3 is 2.95 bits per heavy atom. The quantitative estimate of drug-likeness (QED) is 0.704. The molecule has 0 saturated heterocycles. The van der Waals surface area contributed by atoms with Crippen molar-refractivity contribution in [3.05, 3.63) is 18.2 Å². The van der Waals surface area contributed by atoms with Crippen LogP contribution in [0, 0.1) is 0 Å². The summed E-state index contributed by atoms with van der Waals surface area (Å²) in [7, 11) is 0. The summed E-state index contributed by atoms with van der Waals surface area (Å²) in [4.78, 5) is 18.3. The van der Waals surface area contributed by atoms with Crippen molar-refractivity contribution >= 4 is 38.3 Å². The lowest BCUT2D eigenvalue weighted by Gasteiger charge is -2.24. The summed E-state index contributed by atoms with van der Waals surface area (Å²) in [6.45, 7) is 4.72. The number of aromatic nitrogens is 1. The molecule has 1 aromatic heterocycles.